The third-order valence-corrected chi connectivity index (χ3v) is 3.59. The Kier molecular flexibility index (Phi) is 1.05. The molecule has 0 saturated heterocycles. The van der Waals surface area contributed by atoms with Crippen LogP contribution in [0.4, 0.5) is 0 Å². The van der Waals surface area contributed by atoms with Crippen molar-refractivity contribution in [3.05, 3.63) is 0 Å². The Bertz CT molecular complexity index is 124. The predicted octanol–water partition coefficient (Wildman–Crippen LogP) is 1.80. The molecule has 0 radical (unpaired) electrons. The van der Waals surface area contributed by atoms with E-state index in [4.69, 9.17) is 5.73 Å². The Labute approximate surface area is 64.1 Å². The zero-order chi connectivity index (χ0) is 6.54. The van der Waals surface area contributed by atoms with Gasteiger partial charge >= 0.3 is 0 Å². The van der Waals surface area contributed by atoms with Crippen LogP contribution in [0.25, 0.3) is 0 Å². The molecule has 3 rings (SSSR count). The predicted molar refractivity (Wildman–Crippen MR) is 41.7 cm³/mol. The molecule has 0 atom stereocenters. The Hall–Kier alpha value is 0.440. The van der Waals surface area contributed by atoms with Crippen molar-refractivity contribution in [3.63, 3.8) is 0 Å². The van der Waals surface area contributed by atoms with E-state index in [2.05, 4.69) is 15.9 Å². The van der Waals surface area contributed by atoms with Gasteiger partial charge in [0, 0.05) is 9.86 Å². The average molecular weight is 190 g/mol. The molecule has 0 aromatic rings. The molecule has 0 aliphatic heterocycles. The van der Waals surface area contributed by atoms with Crippen molar-refractivity contribution in [1.82, 2.24) is 0 Å². The van der Waals surface area contributed by atoms with Crippen molar-refractivity contribution in [2.24, 2.45) is 5.73 Å². The van der Waals surface area contributed by atoms with Gasteiger partial charge < -0.3 is 5.73 Å². The lowest BCUT2D eigenvalue weighted by molar-refractivity contribution is 0.113. The van der Waals surface area contributed by atoms with Crippen molar-refractivity contribution in [2.45, 2.75) is 42.0 Å². The van der Waals surface area contributed by atoms with Crippen LogP contribution in [0.3, 0.4) is 0 Å². The third kappa shape index (κ3) is 0.838. The number of alkyl halides is 1. The fraction of sp³-hybridized carbons (Fsp3) is 1.00. The van der Waals surface area contributed by atoms with E-state index in [9.17, 15) is 0 Å². The van der Waals surface area contributed by atoms with Crippen LogP contribution in [0.1, 0.15) is 32.1 Å². The number of nitrogens with two attached hydrogens (primary N) is 1. The molecule has 0 unspecified atom stereocenters. The third-order valence-electron chi connectivity index (χ3n) is 2.64. The van der Waals surface area contributed by atoms with Crippen LogP contribution in [0.2, 0.25) is 0 Å². The molecular weight excluding hydrogens is 178 g/mol. The van der Waals surface area contributed by atoms with Gasteiger partial charge in [0.25, 0.3) is 0 Å². The maximum atomic E-state index is 6.00. The van der Waals surface area contributed by atoms with Crippen LogP contribution in [-0.4, -0.2) is 9.86 Å². The lowest BCUT2D eigenvalue weighted by Gasteiger charge is -2.56. The molecule has 3 saturated carbocycles. The summed E-state index contributed by atoms with van der Waals surface area (Å²) in [5.41, 5.74) is 6.24. The zero-order valence-electron chi connectivity index (χ0n) is 5.49. The highest BCUT2D eigenvalue weighted by atomic mass is 79.9. The summed E-state index contributed by atoms with van der Waals surface area (Å²) in [6.07, 6.45) is 6.33. The van der Waals surface area contributed by atoms with Crippen molar-refractivity contribution < 1.29 is 0 Å². The first kappa shape index (κ1) is 6.17. The molecule has 3 fully saturated rings. The van der Waals surface area contributed by atoms with E-state index in [-0.39, 0.29) is 5.54 Å². The Morgan fingerprint density at radius 1 is 1.22 bits per heavy atom. The summed E-state index contributed by atoms with van der Waals surface area (Å²) in [4.78, 5) is 0. The number of fused-ring (bicyclic) bond motifs is 2. The molecule has 0 aromatic carbocycles. The first-order chi connectivity index (χ1) is 4.12. The monoisotopic (exact) mass is 189 g/mol. The van der Waals surface area contributed by atoms with Gasteiger partial charge in [-0.15, -0.1) is 0 Å². The highest BCUT2D eigenvalue weighted by Gasteiger charge is 2.53. The second-order valence-corrected chi connectivity index (χ2v) is 5.40. The van der Waals surface area contributed by atoms with Gasteiger partial charge in [-0.25, -0.2) is 0 Å². The van der Waals surface area contributed by atoms with E-state index >= 15 is 0 Å². The van der Waals surface area contributed by atoms with E-state index in [1.165, 1.54) is 32.1 Å². The number of rotatable bonds is 0. The first-order valence-electron chi connectivity index (χ1n) is 3.60. The molecule has 0 amide bonds. The molecule has 52 valence electrons. The molecule has 2 heteroatoms. The van der Waals surface area contributed by atoms with Gasteiger partial charge in [-0.05, 0) is 25.7 Å². The largest absolute Gasteiger partial charge is 0.325 e. The maximum Gasteiger partial charge on any atom is 0.0292 e. The fourth-order valence-electron chi connectivity index (χ4n) is 2.32. The Morgan fingerprint density at radius 2 is 1.89 bits per heavy atom. The lowest BCUT2D eigenvalue weighted by Crippen LogP contribution is -2.62. The van der Waals surface area contributed by atoms with E-state index in [0.29, 0.717) is 4.32 Å². The molecule has 0 spiro atoms. The van der Waals surface area contributed by atoms with E-state index in [0.717, 1.165) is 0 Å². The summed E-state index contributed by atoms with van der Waals surface area (Å²) in [6.45, 7) is 0. The molecule has 1 nitrogen and oxygen atoms in total. The highest BCUT2D eigenvalue weighted by molar-refractivity contribution is 9.10. The Balaban J connectivity index is 2.12. The summed E-state index contributed by atoms with van der Waals surface area (Å²) in [5, 5.41) is 0. The number of hydrogen-bond donors (Lipinski definition) is 1. The standard InChI is InChI=1S/C7H12BrN/c8-6-2-1-3-7(9,4-6)5-6/h1-5,9H2. The summed E-state index contributed by atoms with van der Waals surface area (Å²) in [5.74, 6) is 0. The summed E-state index contributed by atoms with van der Waals surface area (Å²) in [7, 11) is 0. The quantitative estimate of drug-likeness (QED) is 0.579. The zero-order valence-corrected chi connectivity index (χ0v) is 7.08. The second-order valence-electron chi connectivity index (χ2n) is 3.72. The van der Waals surface area contributed by atoms with E-state index in [1.54, 1.807) is 0 Å². The van der Waals surface area contributed by atoms with Gasteiger partial charge in [0.1, 0.15) is 0 Å². The van der Waals surface area contributed by atoms with Gasteiger partial charge in [-0.2, -0.15) is 0 Å². The first-order valence-corrected chi connectivity index (χ1v) is 4.39. The fourth-order valence-corrected chi connectivity index (χ4v) is 3.72. The lowest BCUT2D eigenvalue weighted by atomic mass is 9.60. The van der Waals surface area contributed by atoms with Crippen LogP contribution in [0.5, 0.6) is 0 Å². The molecule has 9 heavy (non-hydrogen) atoms. The Morgan fingerprint density at radius 3 is 2.22 bits per heavy atom. The van der Waals surface area contributed by atoms with Crippen LogP contribution in [0.15, 0.2) is 0 Å². The van der Waals surface area contributed by atoms with Gasteiger partial charge in [-0.1, -0.05) is 22.4 Å². The van der Waals surface area contributed by atoms with Crippen molar-refractivity contribution >= 4 is 15.9 Å². The summed E-state index contributed by atoms with van der Waals surface area (Å²) in [6, 6.07) is 0. The minimum atomic E-state index is 0.238. The van der Waals surface area contributed by atoms with Crippen LogP contribution in [0, 0.1) is 0 Å². The molecule has 2 bridgehead atoms. The topological polar surface area (TPSA) is 26.0 Å². The number of hydrogen-bond acceptors (Lipinski definition) is 1. The molecule has 3 aliphatic carbocycles. The smallest absolute Gasteiger partial charge is 0.0292 e. The van der Waals surface area contributed by atoms with E-state index < -0.39 is 0 Å². The second kappa shape index (κ2) is 1.54. The molecular formula is C7H12BrN. The highest BCUT2D eigenvalue weighted by Crippen LogP contribution is 2.55. The van der Waals surface area contributed by atoms with Gasteiger partial charge in [-0.3, -0.25) is 0 Å². The minimum absolute atomic E-state index is 0.238. The van der Waals surface area contributed by atoms with Crippen LogP contribution >= 0.6 is 15.9 Å². The molecule has 0 heterocycles. The normalized spacial score (nSPS) is 56.7. The van der Waals surface area contributed by atoms with Crippen LogP contribution in [-0.2, 0) is 0 Å². The van der Waals surface area contributed by atoms with Crippen molar-refractivity contribution in [2.75, 3.05) is 0 Å². The van der Waals surface area contributed by atoms with Crippen LogP contribution < -0.4 is 5.73 Å². The van der Waals surface area contributed by atoms with Crippen molar-refractivity contribution in [1.29, 1.82) is 0 Å². The summed E-state index contributed by atoms with van der Waals surface area (Å²) >= 11 is 3.71. The maximum absolute atomic E-state index is 6.00. The van der Waals surface area contributed by atoms with E-state index in [1.807, 2.05) is 0 Å². The SMILES string of the molecule is NC12CCCC(Br)(C1)C2. The van der Waals surface area contributed by atoms with Gasteiger partial charge in [0.2, 0.25) is 0 Å². The van der Waals surface area contributed by atoms with Crippen molar-refractivity contribution in [3.8, 4) is 0 Å². The minimum Gasteiger partial charge on any atom is -0.325 e. The molecule has 2 N–H and O–H groups in total. The van der Waals surface area contributed by atoms with Gasteiger partial charge in [0.15, 0.2) is 0 Å². The molecule has 3 aliphatic rings. The number of halogens is 1. The summed E-state index contributed by atoms with van der Waals surface area (Å²) < 4.78 is 0.472. The van der Waals surface area contributed by atoms with Gasteiger partial charge in [0.05, 0.1) is 0 Å². The molecule has 0 aromatic heterocycles. The average Bonchev–Trinajstić information content (AvgIpc) is 1.59.